The Labute approximate surface area is 127 Å². The molecule has 2 rings (SSSR count). The van der Waals surface area contributed by atoms with Crippen LogP contribution < -0.4 is 5.32 Å². The second-order valence-corrected chi connectivity index (χ2v) is 6.55. The van der Waals surface area contributed by atoms with Gasteiger partial charge in [0.15, 0.2) is 0 Å². The molecular formula is C18H27NO2. The van der Waals surface area contributed by atoms with Gasteiger partial charge in [0.1, 0.15) is 6.04 Å². The molecule has 1 aliphatic rings. The largest absolute Gasteiger partial charge is 0.480 e. The minimum Gasteiger partial charge on any atom is -0.480 e. The van der Waals surface area contributed by atoms with E-state index in [1.807, 2.05) is 6.92 Å². The summed E-state index contributed by atoms with van der Waals surface area (Å²) in [5, 5.41) is 12.6. The minimum atomic E-state index is -0.715. The highest BCUT2D eigenvalue weighted by atomic mass is 16.4. The summed E-state index contributed by atoms with van der Waals surface area (Å²) in [6, 6.07) is 10.6. The first kappa shape index (κ1) is 16.0. The van der Waals surface area contributed by atoms with Crippen molar-refractivity contribution < 1.29 is 9.90 Å². The summed E-state index contributed by atoms with van der Waals surface area (Å²) >= 11 is 0. The molecule has 1 fully saturated rings. The molecule has 0 aromatic heterocycles. The summed E-state index contributed by atoms with van der Waals surface area (Å²) in [4.78, 5) is 11.2. The number of aliphatic carboxylic acids is 1. The number of carbonyl (C=O) groups is 1. The molecule has 0 aliphatic heterocycles. The highest BCUT2D eigenvalue weighted by Crippen LogP contribution is 2.39. The lowest BCUT2D eigenvalue weighted by atomic mass is 9.69. The maximum Gasteiger partial charge on any atom is 0.320 e. The topological polar surface area (TPSA) is 49.3 Å². The Bertz CT molecular complexity index is 450. The second kappa shape index (κ2) is 7.08. The van der Waals surface area contributed by atoms with Gasteiger partial charge >= 0.3 is 5.97 Å². The number of rotatable bonds is 6. The number of carboxylic acids is 1. The molecule has 3 heteroatoms. The van der Waals surface area contributed by atoms with E-state index in [4.69, 9.17) is 0 Å². The van der Waals surface area contributed by atoms with Crippen molar-refractivity contribution in [1.82, 2.24) is 5.32 Å². The van der Waals surface area contributed by atoms with Gasteiger partial charge < -0.3 is 10.4 Å². The van der Waals surface area contributed by atoms with Crippen molar-refractivity contribution in [1.29, 1.82) is 0 Å². The van der Waals surface area contributed by atoms with Gasteiger partial charge in [-0.05, 0) is 43.1 Å². The summed E-state index contributed by atoms with van der Waals surface area (Å²) in [7, 11) is 0. The summed E-state index contributed by atoms with van der Waals surface area (Å²) in [6.45, 7) is 4.37. The van der Waals surface area contributed by atoms with Crippen LogP contribution in [0.25, 0.3) is 0 Å². The summed E-state index contributed by atoms with van der Waals surface area (Å²) in [6.07, 6.45) is 5.96. The summed E-state index contributed by atoms with van der Waals surface area (Å²) < 4.78 is 0. The van der Waals surface area contributed by atoms with E-state index in [0.29, 0.717) is 12.5 Å². The summed E-state index contributed by atoms with van der Waals surface area (Å²) in [5.74, 6) is -0.715. The molecule has 116 valence electrons. The molecule has 1 unspecified atom stereocenters. The van der Waals surface area contributed by atoms with Gasteiger partial charge in [-0.2, -0.15) is 0 Å². The van der Waals surface area contributed by atoms with Crippen LogP contribution in [0.3, 0.4) is 0 Å². The van der Waals surface area contributed by atoms with Gasteiger partial charge in [-0.15, -0.1) is 0 Å². The molecule has 0 heterocycles. The molecule has 1 saturated carbocycles. The Morgan fingerprint density at radius 3 is 2.48 bits per heavy atom. The Morgan fingerprint density at radius 2 is 1.95 bits per heavy atom. The molecule has 0 radical (unpaired) electrons. The van der Waals surface area contributed by atoms with Gasteiger partial charge in [0.25, 0.3) is 0 Å². The zero-order valence-electron chi connectivity index (χ0n) is 13.1. The van der Waals surface area contributed by atoms with Crippen LogP contribution in [-0.2, 0) is 10.2 Å². The number of hydrogen-bond acceptors (Lipinski definition) is 2. The first-order valence-corrected chi connectivity index (χ1v) is 8.09. The maximum absolute atomic E-state index is 11.2. The van der Waals surface area contributed by atoms with Gasteiger partial charge in [-0.3, -0.25) is 4.79 Å². The Hall–Kier alpha value is -1.35. The fourth-order valence-corrected chi connectivity index (χ4v) is 3.40. The van der Waals surface area contributed by atoms with E-state index < -0.39 is 5.97 Å². The molecule has 1 atom stereocenters. The molecule has 0 bridgehead atoms. The molecule has 1 aromatic rings. The maximum atomic E-state index is 11.2. The highest BCUT2D eigenvalue weighted by molar-refractivity contribution is 5.73. The third kappa shape index (κ3) is 4.07. The van der Waals surface area contributed by atoms with E-state index >= 15 is 0 Å². The fraction of sp³-hybridized carbons (Fsp3) is 0.611. The monoisotopic (exact) mass is 289 g/mol. The van der Waals surface area contributed by atoms with E-state index in [0.717, 1.165) is 32.1 Å². The van der Waals surface area contributed by atoms with E-state index in [-0.39, 0.29) is 11.5 Å². The molecule has 0 amide bonds. The van der Waals surface area contributed by atoms with Crippen LogP contribution in [0, 0.1) is 0 Å². The van der Waals surface area contributed by atoms with Crippen LogP contribution in [-0.4, -0.2) is 23.2 Å². The molecule has 21 heavy (non-hydrogen) atoms. The minimum absolute atomic E-state index is 0.239. The van der Waals surface area contributed by atoms with Crippen molar-refractivity contribution in [3.63, 3.8) is 0 Å². The average Bonchev–Trinajstić information content (AvgIpc) is 2.50. The lowest BCUT2D eigenvalue weighted by Crippen LogP contribution is -2.46. The van der Waals surface area contributed by atoms with Crippen LogP contribution in [0.1, 0.15) is 57.9 Å². The van der Waals surface area contributed by atoms with Crippen LogP contribution in [0.15, 0.2) is 30.3 Å². The predicted molar refractivity (Wildman–Crippen MR) is 85.5 cm³/mol. The van der Waals surface area contributed by atoms with Crippen LogP contribution >= 0.6 is 0 Å². The van der Waals surface area contributed by atoms with Crippen molar-refractivity contribution in [2.45, 2.75) is 69.9 Å². The number of hydrogen-bond donors (Lipinski definition) is 2. The lowest BCUT2D eigenvalue weighted by Gasteiger charge is -2.39. The lowest BCUT2D eigenvalue weighted by molar-refractivity contribution is -0.140. The molecule has 1 aromatic carbocycles. The third-order valence-electron chi connectivity index (χ3n) is 4.87. The van der Waals surface area contributed by atoms with Crippen LogP contribution in [0.5, 0.6) is 0 Å². The number of nitrogens with one attached hydrogen (secondary N) is 1. The van der Waals surface area contributed by atoms with Gasteiger partial charge in [-0.25, -0.2) is 0 Å². The fourth-order valence-electron chi connectivity index (χ4n) is 3.40. The zero-order valence-corrected chi connectivity index (χ0v) is 13.1. The van der Waals surface area contributed by atoms with E-state index in [1.54, 1.807) is 0 Å². The Balaban J connectivity index is 1.92. The van der Waals surface area contributed by atoms with Crippen LogP contribution in [0.2, 0.25) is 0 Å². The quantitative estimate of drug-likeness (QED) is 0.839. The van der Waals surface area contributed by atoms with Gasteiger partial charge in [0.05, 0.1) is 0 Å². The molecule has 0 spiro atoms. The van der Waals surface area contributed by atoms with Gasteiger partial charge in [-0.1, -0.05) is 50.6 Å². The average molecular weight is 289 g/mol. The molecule has 1 aliphatic carbocycles. The van der Waals surface area contributed by atoms with E-state index in [1.165, 1.54) is 5.56 Å². The van der Waals surface area contributed by atoms with Crippen LogP contribution in [0.4, 0.5) is 0 Å². The highest BCUT2D eigenvalue weighted by Gasteiger charge is 2.33. The first-order valence-electron chi connectivity index (χ1n) is 8.09. The summed E-state index contributed by atoms with van der Waals surface area (Å²) in [5.41, 5.74) is 1.65. The van der Waals surface area contributed by atoms with Gasteiger partial charge in [0, 0.05) is 6.04 Å². The van der Waals surface area contributed by atoms with E-state index in [9.17, 15) is 9.90 Å². The van der Waals surface area contributed by atoms with Crippen molar-refractivity contribution in [3.8, 4) is 0 Å². The molecular weight excluding hydrogens is 262 g/mol. The van der Waals surface area contributed by atoms with Crippen molar-refractivity contribution in [3.05, 3.63) is 35.9 Å². The van der Waals surface area contributed by atoms with Crippen molar-refractivity contribution in [2.75, 3.05) is 0 Å². The number of benzene rings is 1. The molecule has 3 nitrogen and oxygen atoms in total. The Kier molecular flexibility index (Phi) is 5.40. The smallest absolute Gasteiger partial charge is 0.320 e. The first-order chi connectivity index (χ1) is 10.0. The Morgan fingerprint density at radius 1 is 1.33 bits per heavy atom. The number of carboxylic acid groups (broad SMARTS) is 1. The van der Waals surface area contributed by atoms with Crippen molar-refractivity contribution >= 4 is 5.97 Å². The predicted octanol–water partition coefficient (Wildman–Crippen LogP) is 3.73. The van der Waals surface area contributed by atoms with Gasteiger partial charge in [0.2, 0.25) is 0 Å². The third-order valence-corrected chi connectivity index (χ3v) is 4.87. The second-order valence-electron chi connectivity index (χ2n) is 6.55. The molecule has 0 saturated heterocycles. The SMILES string of the molecule is CCCC(NC1CCC(C)(c2ccccc2)CC1)C(=O)O. The standard InChI is InChI=1S/C18H27NO2/c1-3-7-16(17(20)21)19-15-10-12-18(2,13-11-15)14-8-5-4-6-9-14/h4-6,8-9,15-16,19H,3,7,10-13H2,1-2H3,(H,20,21). The van der Waals surface area contributed by atoms with E-state index in [2.05, 4.69) is 42.6 Å². The zero-order chi connectivity index (χ0) is 15.3. The van der Waals surface area contributed by atoms with Crippen molar-refractivity contribution in [2.24, 2.45) is 0 Å². The normalized spacial score (nSPS) is 27.2. The molecule has 2 N–H and O–H groups in total.